The van der Waals surface area contributed by atoms with Gasteiger partial charge < -0.3 is 36.0 Å². The molecule has 0 heterocycles. The lowest BCUT2D eigenvalue weighted by molar-refractivity contribution is -0.317. The highest BCUT2D eigenvalue weighted by Gasteiger charge is 2.71. The molecule has 2 aliphatic carbocycles. The van der Waals surface area contributed by atoms with Gasteiger partial charge in [-0.1, -0.05) is 0 Å². The molecule has 6 atom stereocenters. The molecule has 2 aliphatic rings. The minimum Gasteiger partial charge on any atom is -0.550 e. The summed E-state index contributed by atoms with van der Waals surface area (Å²) in [7, 11) is 0. The quantitative estimate of drug-likeness (QED) is 0.427. The van der Waals surface area contributed by atoms with E-state index in [1.807, 2.05) is 6.26 Å². The minimum atomic E-state index is -1.90. The summed E-state index contributed by atoms with van der Waals surface area (Å²) in [6.07, 6.45) is 0.792. The molecule has 0 aromatic rings. The number of hydrogen-bond acceptors (Lipinski definition) is 8. The Hall–Kier alpha value is -1.32. The van der Waals surface area contributed by atoms with Crippen LogP contribution in [-0.2, 0) is 14.4 Å². The summed E-state index contributed by atoms with van der Waals surface area (Å²) < 4.78 is 0. The largest absolute Gasteiger partial charge is 0.550 e. The van der Waals surface area contributed by atoms with Crippen LogP contribution in [0.5, 0.6) is 0 Å². The van der Waals surface area contributed by atoms with Gasteiger partial charge in [0.05, 0.1) is 23.7 Å². The molecule has 0 aliphatic heterocycles. The number of rotatable bonds is 7. The zero-order valence-corrected chi connectivity index (χ0v) is 12.8. The molecule has 8 nitrogen and oxygen atoms in total. The van der Waals surface area contributed by atoms with Crippen molar-refractivity contribution in [1.29, 1.82) is 0 Å². The molecule has 2 rings (SSSR count). The number of aliphatic hydroxyl groups is 1. The summed E-state index contributed by atoms with van der Waals surface area (Å²) in [4.78, 5) is 34.6. The first kappa shape index (κ1) is 17.0. The fourth-order valence-electron chi connectivity index (χ4n) is 3.45. The predicted molar refractivity (Wildman–Crippen MR) is 73.0 cm³/mol. The van der Waals surface area contributed by atoms with Crippen molar-refractivity contribution in [3.63, 3.8) is 0 Å². The number of aliphatic carboxylic acids is 2. The van der Waals surface area contributed by atoms with Gasteiger partial charge in [-0.2, -0.15) is 11.8 Å². The molecular weight excluding hydrogens is 312 g/mol. The number of thioether (sulfide) groups is 1. The van der Waals surface area contributed by atoms with Crippen LogP contribution in [-0.4, -0.2) is 52.6 Å². The van der Waals surface area contributed by atoms with Gasteiger partial charge in [0.25, 0.3) is 0 Å². The second kappa shape index (κ2) is 6.05. The van der Waals surface area contributed by atoms with E-state index >= 15 is 0 Å². The predicted octanol–water partition coefficient (Wildman–Crippen LogP) is -3.95. The van der Waals surface area contributed by atoms with E-state index in [0.29, 0.717) is 12.2 Å². The number of carboxylic acid groups (broad SMARTS) is 2. The third-order valence-corrected chi connectivity index (χ3v) is 5.22. The van der Waals surface area contributed by atoms with Crippen LogP contribution in [0.15, 0.2) is 0 Å². The average Bonchev–Trinajstić information content (AvgIpc) is 3.13. The summed E-state index contributed by atoms with van der Waals surface area (Å²) in [5, 5.41) is 34.8. The Kier molecular flexibility index (Phi) is 4.69. The highest BCUT2D eigenvalue weighted by Crippen LogP contribution is 2.61. The number of amides is 1. The first-order valence-corrected chi connectivity index (χ1v) is 8.32. The van der Waals surface area contributed by atoms with Crippen molar-refractivity contribution in [3.8, 4) is 0 Å². The number of carbonyl (C=O) groups excluding carboxylic acids is 3. The second-order valence-electron chi connectivity index (χ2n) is 5.86. The topological polar surface area (TPSA) is 156 Å². The fourth-order valence-corrected chi connectivity index (χ4v) is 3.94. The summed E-state index contributed by atoms with van der Waals surface area (Å²) >= 11 is 1.49. The van der Waals surface area contributed by atoms with Crippen molar-refractivity contribution in [1.82, 2.24) is 5.32 Å². The van der Waals surface area contributed by atoms with Crippen LogP contribution in [0.3, 0.4) is 0 Å². The Balaban J connectivity index is 2.15. The summed E-state index contributed by atoms with van der Waals surface area (Å²) in [6.45, 7) is 0. The van der Waals surface area contributed by atoms with Gasteiger partial charge in [-0.05, 0) is 24.3 Å². The van der Waals surface area contributed by atoms with Crippen molar-refractivity contribution < 1.29 is 29.7 Å². The maximum absolute atomic E-state index is 12.1. The van der Waals surface area contributed by atoms with Gasteiger partial charge in [0, 0.05) is 24.2 Å². The highest BCUT2D eigenvalue weighted by molar-refractivity contribution is 7.98. The maximum Gasteiger partial charge on any atom is 0.237 e. The molecule has 0 bridgehead atoms. The molecule has 0 aromatic carbocycles. The van der Waals surface area contributed by atoms with E-state index in [0.717, 1.165) is 0 Å². The first-order chi connectivity index (χ1) is 10.3. The van der Waals surface area contributed by atoms with Gasteiger partial charge in [-0.15, -0.1) is 0 Å². The molecule has 0 unspecified atom stereocenters. The summed E-state index contributed by atoms with van der Waals surface area (Å²) in [6, 6.07) is -0.903. The molecule has 9 heteroatoms. The van der Waals surface area contributed by atoms with E-state index in [2.05, 4.69) is 5.32 Å². The van der Waals surface area contributed by atoms with Crippen LogP contribution in [0.25, 0.3) is 0 Å². The molecule has 0 saturated heterocycles. The van der Waals surface area contributed by atoms with Crippen LogP contribution >= 0.6 is 11.8 Å². The van der Waals surface area contributed by atoms with Gasteiger partial charge >= 0.3 is 0 Å². The highest BCUT2D eigenvalue weighted by atomic mass is 32.2. The SMILES string of the molecule is CSCC[C@H](N)C(=O)N[C@@]1(C(=O)[O-])C[C@H](O)[C@H]2[C@H](C(=O)[O-])[C@H]21. The van der Waals surface area contributed by atoms with Crippen molar-refractivity contribution in [2.45, 2.75) is 30.5 Å². The zero-order chi connectivity index (χ0) is 16.7. The van der Waals surface area contributed by atoms with E-state index in [4.69, 9.17) is 5.73 Å². The monoisotopic (exact) mass is 330 g/mol. The molecule has 0 spiro atoms. The molecule has 2 saturated carbocycles. The van der Waals surface area contributed by atoms with Gasteiger partial charge in [-0.25, -0.2) is 0 Å². The van der Waals surface area contributed by atoms with E-state index in [1.54, 1.807) is 0 Å². The molecule has 0 radical (unpaired) electrons. The molecule has 2 fully saturated rings. The zero-order valence-electron chi connectivity index (χ0n) is 12.0. The van der Waals surface area contributed by atoms with Gasteiger partial charge in [-0.3, -0.25) is 4.79 Å². The van der Waals surface area contributed by atoms with E-state index < -0.39 is 53.3 Å². The molecular formula is C13H18N2O6S-2. The molecule has 1 amide bonds. The van der Waals surface area contributed by atoms with E-state index in [1.165, 1.54) is 11.8 Å². The van der Waals surface area contributed by atoms with Crippen molar-refractivity contribution in [2.24, 2.45) is 23.5 Å². The van der Waals surface area contributed by atoms with Gasteiger partial charge in [0.1, 0.15) is 0 Å². The second-order valence-corrected chi connectivity index (χ2v) is 6.84. The standard InChI is InChI=1S/C13H20N2O6S/c1-22-3-2-5(14)10(17)15-13(12(20)21)4-6(16)7-8(9(7)13)11(18)19/h5-9,16H,2-4,14H2,1H3,(H,15,17)(H,18,19)(H,20,21)/p-2/t5-,6-,7-,8-,9-,13-/m0/s1. The van der Waals surface area contributed by atoms with Crippen molar-refractivity contribution in [2.75, 3.05) is 12.0 Å². The van der Waals surface area contributed by atoms with Crippen LogP contribution in [0.2, 0.25) is 0 Å². The Morgan fingerprint density at radius 3 is 2.55 bits per heavy atom. The fraction of sp³-hybridized carbons (Fsp3) is 0.769. The number of fused-ring (bicyclic) bond motifs is 1. The van der Waals surface area contributed by atoms with Crippen LogP contribution in [0, 0.1) is 17.8 Å². The number of nitrogens with two attached hydrogens (primary N) is 1. The average molecular weight is 330 g/mol. The van der Waals surface area contributed by atoms with Crippen molar-refractivity contribution in [3.05, 3.63) is 0 Å². The third kappa shape index (κ3) is 2.68. The van der Waals surface area contributed by atoms with Crippen LogP contribution in [0.4, 0.5) is 0 Å². The minimum absolute atomic E-state index is 0.282. The Morgan fingerprint density at radius 2 is 2.09 bits per heavy atom. The summed E-state index contributed by atoms with van der Waals surface area (Å²) in [5.74, 6) is -5.84. The normalized spacial score (nSPS) is 37.2. The number of carboxylic acids is 2. The summed E-state index contributed by atoms with van der Waals surface area (Å²) in [5.41, 5.74) is 3.80. The number of nitrogens with one attached hydrogen (secondary N) is 1. The first-order valence-electron chi connectivity index (χ1n) is 6.93. The molecule has 22 heavy (non-hydrogen) atoms. The maximum atomic E-state index is 12.1. The Morgan fingerprint density at radius 1 is 1.45 bits per heavy atom. The lowest BCUT2D eigenvalue weighted by Crippen LogP contribution is -2.64. The van der Waals surface area contributed by atoms with Crippen LogP contribution < -0.4 is 21.3 Å². The number of hydrogen-bond donors (Lipinski definition) is 3. The Bertz CT molecular complexity index is 501. The lowest BCUT2D eigenvalue weighted by atomic mass is 9.89. The molecule has 0 aromatic heterocycles. The lowest BCUT2D eigenvalue weighted by Gasteiger charge is -2.36. The molecule has 124 valence electrons. The van der Waals surface area contributed by atoms with Gasteiger partial charge in [0.15, 0.2) is 0 Å². The smallest absolute Gasteiger partial charge is 0.237 e. The van der Waals surface area contributed by atoms with Crippen molar-refractivity contribution >= 4 is 29.6 Å². The Labute approximate surface area is 131 Å². The third-order valence-electron chi connectivity index (χ3n) is 4.57. The number of aliphatic hydroxyl groups excluding tert-OH is 1. The van der Waals surface area contributed by atoms with Gasteiger partial charge in [0.2, 0.25) is 5.91 Å². The van der Waals surface area contributed by atoms with E-state index in [-0.39, 0.29) is 6.42 Å². The molecule has 4 N–H and O–H groups in total. The number of carbonyl (C=O) groups is 3. The van der Waals surface area contributed by atoms with Crippen LogP contribution in [0.1, 0.15) is 12.8 Å². The van der Waals surface area contributed by atoms with E-state index in [9.17, 15) is 29.7 Å².